The fraction of sp³-hybridized carbons (Fsp3) is 0.588. The third kappa shape index (κ3) is 3.22. The van der Waals surface area contributed by atoms with Gasteiger partial charge in [-0.25, -0.2) is 4.98 Å². The number of hydrogen-bond donors (Lipinski definition) is 1. The number of rotatable bonds is 6. The van der Waals surface area contributed by atoms with E-state index in [1.54, 1.807) is 6.07 Å². The Balaban J connectivity index is 1.56. The minimum absolute atomic E-state index is 0.248. The Labute approximate surface area is 145 Å². The maximum atomic E-state index is 12.7. The van der Waals surface area contributed by atoms with Crippen LogP contribution in [-0.2, 0) is 4.79 Å². The lowest BCUT2D eigenvalue weighted by Crippen LogP contribution is -2.45. The third-order valence-electron chi connectivity index (χ3n) is 4.75. The van der Waals surface area contributed by atoms with Gasteiger partial charge in [0.05, 0.1) is 12.5 Å². The number of aromatic nitrogens is 1. The number of nitrogens with two attached hydrogens (primary N) is 1. The second-order valence-corrected chi connectivity index (χ2v) is 7.81. The highest BCUT2D eigenvalue weighted by molar-refractivity contribution is 7.99. The van der Waals surface area contributed by atoms with Gasteiger partial charge < -0.3 is 15.4 Å². The molecule has 3 aliphatic rings. The molecule has 0 bridgehead atoms. The molecule has 3 fully saturated rings. The quantitative estimate of drug-likeness (QED) is 0.847. The largest absolute Gasteiger partial charge is 0.477 e. The molecule has 2 heterocycles. The van der Waals surface area contributed by atoms with Crippen LogP contribution < -0.4 is 10.5 Å². The Bertz CT molecular complexity index is 673. The lowest BCUT2D eigenvalue weighted by molar-refractivity contribution is -0.121. The van der Waals surface area contributed by atoms with Gasteiger partial charge in [0.15, 0.2) is 0 Å². The maximum Gasteiger partial charge on any atom is 0.273 e. The standard InChI is InChI=1S/C17H21N3O3S/c18-15(21)14-8-24-9-20(14)17(22)13-6-5-12(11-3-4-11)16(19-13)23-7-10-1-2-10/h5-6,10-11,14H,1-4,7-9H2,(H2,18,21)/t14-/m0/s1. The van der Waals surface area contributed by atoms with Crippen molar-refractivity contribution in [2.45, 2.75) is 37.6 Å². The van der Waals surface area contributed by atoms with Gasteiger partial charge in [-0.3, -0.25) is 9.59 Å². The molecule has 2 N–H and O–H groups in total. The number of pyridine rings is 1. The van der Waals surface area contributed by atoms with Crippen LogP contribution in [0.15, 0.2) is 12.1 Å². The molecule has 1 atom stereocenters. The zero-order valence-corrected chi connectivity index (χ0v) is 14.3. The van der Waals surface area contributed by atoms with E-state index in [0.717, 1.165) is 18.4 Å². The van der Waals surface area contributed by atoms with E-state index in [1.165, 1.54) is 29.5 Å². The van der Waals surface area contributed by atoms with Crippen LogP contribution in [0.1, 0.15) is 47.7 Å². The fourth-order valence-electron chi connectivity index (χ4n) is 2.90. The summed E-state index contributed by atoms with van der Waals surface area (Å²) in [6.07, 6.45) is 4.73. The molecule has 0 aromatic carbocycles. The molecule has 0 spiro atoms. The summed E-state index contributed by atoms with van der Waals surface area (Å²) >= 11 is 1.53. The molecular formula is C17H21N3O3S. The zero-order valence-electron chi connectivity index (χ0n) is 13.4. The first-order valence-electron chi connectivity index (χ1n) is 8.45. The molecule has 2 aliphatic carbocycles. The Morgan fingerprint density at radius 3 is 2.75 bits per heavy atom. The van der Waals surface area contributed by atoms with E-state index in [4.69, 9.17) is 10.5 Å². The zero-order chi connectivity index (χ0) is 16.7. The number of carbonyl (C=O) groups is 2. The summed E-state index contributed by atoms with van der Waals surface area (Å²) in [6, 6.07) is 3.16. The van der Waals surface area contributed by atoms with Crippen molar-refractivity contribution in [3.8, 4) is 5.88 Å². The Hall–Kier alpha value is -1.76. The van der Waals surface area contributed by atoms with E-state index in [0.29, 0.717) is 41.6 Å². The van der Waals surface area contributed by atoms with Crippen LogP contribution in [0.4, 0.5) is 0 Å². The van der Waals surface area contributed by atoms with Crippen molar-refractivity contribution in [2.75, 3.05) is 18.2 Å². The summed E-state index contributed by atoms with van der Waals surface area (Å²) in [6.45, 7) is 0.674. The highest BCUT2D eigenvalue weighted by Gasteiger charge is 2.35. The van der Waals surface area contributed by atoms with Crippen LogP contribution in [0.25, 0.3) is 0 Å². The van der Waals surface area contributed by atoms with Gasteiger partial charge in [-0.05, 0) is 43.6 Å². The summed E-state index contributed by atoms with van der Waals surface area (Å²) in [5.74, 6) is 2.04. The lowest BCUT2D eigenvalue weighted by atomic mass is 10.1. The molecule has 6 nitrogen and oxygen atoms in total. The summed E-state index contributed by atoms with van der Waals surface area (Å²) in [5, 5.41) is 0. The Morgan fingerprint density at radius 1 is 1.29 bits per heavy atom. The van der Waals surface area contributed by atoms with Crippen molar-refractivity contribution in [3.63, 3.8) is 0 Å². The van der Waals surface area contributed by atoms with E-state index in [-0.39, 0.29) is 5.91 Å². The van der Waals surface area contributed by atoms with Crippen molar-refractivity contribution in [2.24, 2.45) is 11.7 Å². The second-order valence-electron chi connectivity index (χ2n) is 6.81. The monoisotopic (exact) mass is 347 g/mol. The highest BCUT2D eigenvalue weighted by Crippen LogP contribution is 2.44. The number of ether oxygens (including phenoxy) is 1. The number of primary amides is 1. The van der Waals surface area contributed by atoms with Crippen molar-refractivity contribution in [3.05, 3.63) is 23.4 Å². The average molecular weight is 347 g/mol. The summed E-state index contributed by atoms with van der Waals surface area (Å²) in [5.41, 5.74) is 6.84. The Morgan fingerprint density at radius 2 is 2.08 bits per heavy atom. The molecular weight excluding hydrogens is 326 g/mol. The van der Waals surface area contributed by atoms with Gasteiger partial charge in [0.25, 0.3) is 5.91 Å². The minimum Gasteiger partial charge on any atom is -0.477 e. The smallest absolute Gasteiger partial charge is 0.273 e. The van der Waals surface area contributed by atoms with Gasteiger partial charge in [0.1, 0.15) is 11.7 Å². The molecule has 7 heteroatoms. The number of thioether (sulfide) groups is 1. The van der Waals surface area contributed by atoms with Gasteiger partial charge in [0.2, 0.25) is 11.8 Å². The van der Waals surface area contributed by atoms with Crippen molar-refractivity contribution in [1.29, 1.82) is 0 Å². The molecule has 1 saturated heterocycles. The fourth-order valence-corrected chi connectivity index (χ4v) is 4.06. The van der Waals surface area contributed by atoms with E-state index >= 15 is 0 Å². The highest BCUT2D eigenvalue weighted by atomic mass is 32.2. The topological polar surface area (TPSA) is 85.5 Å². The second kappa shape index (κ2) is 6.27. The molecule has 1 aromatic rings. The molecule has 1 aromatic heterocycles. The predicted molar refractivity (Wildman–Crippen MR) is 90.9 cm³/mol. The van der Waals surface area contributed by atoms with Crippen LogP contribution in [0.3, 0.4) is 0 Å². The van der Waals surface area contributed by atoms with Gasteiger partial charge in [-0.15, -0.1) is 11.8 Å². The summed E-state index contributed by atoms with van der Waals surface area (Å²) < 4.78 is 5.91. The van der Waals surface area contributed by atoms with E-state index in [2.05, 4.69) is 4.98 Å². The Kier molecular flexibility index (Phi) is 4.12. The van der Waals surface area contributed by atoms with Crippen molar-refractivity contribution >= 4 is 23.6 Å². The minimum atomic E-state index is -0.553. The van der Waals surface area contributed by atoms with Crippen LogP contribution in [0.5, 0.6) is 5.88 Å². The first-order valence-corrected chi connectivity index (χ1v) is 9.60. The van der Waals surface area contributed by atoms with Gasteiger partial charge >= 0.3 is 0 Å². The molecule has 128 valence electrons. The van der Waals surface area contributed by atoms with Crippen molar-refractivity contribution < 1.29 is 14.3 Å². The SMILES string of the molecule is NC(=O)[C@@H]1CSCN1C(=O)c1ccc(C2CC2)c(OCC2CC2)n1. The van der Waals surface area contributed by atoms with Crippen LogP contribution in [0.2, 0.25) is 0 Å². The van der Waals surface area contributed by atoms with Crippen LogP contribution in [0, 0.1) is 5.92 Å². The lowest BCUT2D eigenvalue weighted by Gasteiger charge is -2.21. The summed E-state index contributed by atoms with van der Waals surface area (Å²) in [7, 11) is 0. The predicted octanol–water partition coefficient (Wildman–Crippen LogP) is 1.75. The van der Waals surface area contributed by atoms with Crippen LogP contribution >= 0.6 is 11.8 Å². The third-order valence-corrected chi connectivity index (χ3v) is 5.76. The number of nitrogens with zero attached hydrogens (tertiary/aromatic N) is 2. The number of amides is 2. The van der Waals surface area contributed by atoms with E-state index in [1.807, 2.05) is 6.07 Å². The summed E-state index contributed by atoms with van der Waals surface area (Å²) in [4.78, 5) is 30.3. The molecule has 1 aliphatic heterocycles. The first kappa shape index (κ1) is 15.7. The normalized spacial score (nSPS) is 23.3. The molecule has 2 amide bonds. The van der Waals surface area contributed by atoms with Crippen LogP contribution in [-0.4, -0.2) is 46.0 Å². The van der Waals surface area contributed by atoms with E-state index in [9.17, 15) is 9.59 Å². The van der Waals surface area contributed by atoms with E-state index < -0.39 is 11.9 Å². The maximum absolute atomic E-state index is 12.7. The molecule has 0 unspecified atom stereocenters. The van der Waals surface area contributed by atoms with Gasteiger partial charge in [-0.2, -0.15) is 0 Å². The van der Waals surface area contributed by atoms with Gasteiger partial charge in [0, 0.05) is 11.3 Å². The average Bonchev–Trinajstić information content (AvgIpc) is 3.50. The van der Waals surface area contributed by atoms with Crippen molar-refractivity contribution in [1.82, 2.24) is 9.88 Å². The first-order chi connectivity index (χ1) is 11.6. The molecule has 24 heavy (non-hydrogen) atoms. The number of carbonyl (C=O) groups excluding carboxylic acids is 2. The molecule has 2 saturated carbocycles. The van der Waals surface area contributed by atoms with Gasteiger partial charge in [-0.1, -0.05) is 6.07 Å². The number of hydrogen-bond acceptors (Lipinski definition) is 5. The molecule has 4 rings (SSSR count). The molecule has 0 radical (unpaired) electrons.